The Morgan fingerprint density at radius 3 is 2.47 bits per heavy atom. The van der Waals surface area contributed by atoms with Crippen LogP contribution in [0.2, 0.25) is 0 Å². The zero-order chi connectivity index (χ0) is 25.9. The van der Waals surface area contributed by atoms with Crippen molar-refractivity contribution in [3.8, 4) is 5.75 Å². The van der Waals surface area contributed by atoms with E-state index in [4.69, 9.17) is 9.15 Å². The number of nitrogens with zero attached hydrogens (tertiary/aromatic N) is 4. The maximum absolute atomic E-state index is 14.0. The number of methoxy groups -OCH3 is 1. The summed E-state index contributed by atoms with van der Waals surface area (Å²) < 4.78 is 12.7. The van der Waals surface area contributed by atoms with Gasteiger partial charge < -0.3 is 14.5 Å². The number of anilines is 1. The van der Waals surface area contributed by atoms with E-state index in [1.807, 2.05) is 45.0 Å². The van der Waals surface area contributed by atoms with Gasteiger partial charge in [0.2, 0.25) is 5.91 Å². The van der Waals surface area contributed by atoms with Crippen molar-refractivity contribution < 1.29 is 18.7 Å². The largest absolute Gasteiger partial charge is 0.497 e. The van der Waals surface area contributed by atoms with Gasteiger partial charge in [0.15, 0.2) is 6.04 Å². The number of ether oxygens (including phenoxy) is 1. The summed E-state index contributed by atoms with van der Waals surface area (Å²) in [7, 11) is 1.57. The third-order valence-electron chi connectivity index (χ3n) is 6.21. The molecule has 0 saturated carbocycles. The van der Waals surface area contributed by atoms with Crippen LogP contribution < -0.4 is 15.0 Å². The van der Waals surface area contributed by atoms with E-state index in [2.05, 4.69) is 15.6 Å². The van der Waals surface area contributed by atoms with Gasteiger partial charge in [-0.2, -0.15) is 0 Å². The Morgan fingerprint density at radius 1 is 1.11 bits per heavy atom. The third kappa shape index (κ3) is 5.25. The van der Waals surface area contributed by atoms with Crippen molar-refractivity contribution in [2.24, 2.45) is 0 Å². The maximum atomic E-state index is 14.0. The van der Waals surface area contributed by atoms with Gasteiger partial charge in [-0.1, -0.05) is 24.3 Å². The Balaban J connectivity index is 1.80. The number of hydrogen-bond acceptors (Lipinski definition) is 6. The standard InChI is InChI=1S/C27H31N5O4/c1-6-27(3,4)28-26(34)25(23-16-11-18(2)36-23)32(19-12-14-20(35-5)15-13-19)24(33)17-31-22-10-8-7-9-21(22)29-30-31/h7-16,25H,6,17H2,1-5H3,(H,28,34)/t25-/m1/s1. The molecule has 0 aliphatic carbocycles. The van der Waals surface area contributed by atoms with Gasteiger partial charge in [0, 0.05) is 11.2 Å². The lowest BCUT2D eigenvalue weighted by atomic mass is 10.0. The highest BCUT2D eigenvalue weighted by Gasteiger charge is 2.37. The van der Waals surface area contributed by atoms with Crippen molar-refractivity contribution in [2.45, 2.75) is 52.2 Å². The molecule has 2 amide bonds. The van der Waals surface area contributed by atoms with E-state index < -0.39 is 11.6 Å². The number of fused-ring (bicyclic) bond motifs is 1. The third-order valence-corrected chi connectivity index (χ3v) is 6.21. The summed E-state index contributed by atoms with van der Waals surface area (Å²) in [6, 6.07) is 16.9. The molecule has 2 aromatic carbocycles. The monoisotopic (exact) mass is 489 g/mol. The number of hydrogen-bond donors (Lipinski definition) is 1. The summed E-state index contributed by atoms with van der Waals surface area (Å²) in [5, 5.41) is 11.4. The molecule has 0 spiro atoms. The summed E-state index contributed by atoms with van der Waals surface area (Å²) in [5.74, 6) is 0.949. The van der Waals surface area contributed by atoms with E-state index in [1.54, 1.807) is 50.4 Å². The van der Waals surface area contributed by atoms with E-state index in [0.29, 0.717) is 34.9 Å². The number of para-hydroxylation sites is 1. The highest BCUT2D eigenvalue weighted by Crippen LogP contribution is 2.31. The van der Waals surface area contributed by atoms with Gasteiger partial charge in [-0.25, -0.2) is 4.68 Å². The highest BCUT2D eigenvalue weighted by atomic mass is 16.5. The molecule has 9 nitrogen and oxygen atoms in total. The summed E-state index contributed by atoms with van der Waals surface area (Å²) in [5.41, 5.74) is 1.45. The van der Waals surface area contributed by atoms with Crippen LogP contribution in [-0.2, 0) is 16.1 Å². The Bertz CT molecular complexity index is 1360. The molecule has 2 heterocycles. The quantitative estimate of drug-likeness (QED) is 0.373. The van der Waals surface area contributed by atoms with Crippen molar-refractivity contribution >= 4 is 28.5 Å². The van der Waals surface area contributed by atoms with Gasteiger partial charge in [0.25, 0.3) is 5.91 Å². The first-order valence-corrected chi connectivity index (χ1v) is 11.8. The number of benzene rings is 2. The smallest absolute Gasteiger partial charge is 0.251 e. The van der Waals surface area contributed by atoms with Gasteiger partial charge in [-0.15, -0.1) is 5.10 Å². The zero-order valence-corrected chi connectivity index (χ0v) is 21.2. The zero-order valence-electron chi connectivity index (χ0n) is 21.2. The van der Waals surface area contributed by atoms with Crippen molar-refractivity contribution in [3.63, 3.8) is 0 Å². The summed E-state index contributed by atoms with van der Waals surface area (Å²) in [6.07, 6.45) is 0.712. The molecule has 1 N–H and O–H groups in total. The van der Waals surface area contributed by atoms with Gasteiger partial charge in [-0.3, -0.25) is 14.5 Å². The fourth-order valence-electron chi connectivity index (χ4n) is 3.88. The summed E-state index contributed by atoms with van der Waals surface area (Å²) in [4.78, 5) is 29.2. The van der Waals surface area contributed by atoms with Gasteiger partial charge in [0.05, 0.1) is 12.6 Å². The summed E-state index contributed by atoms with van der Waals surface area (Å²) >= 11 is 0. The minimum atomic E-state index is -1.04. The van der Waals surface area contributed by atoms with Crippen LogP contribution in [0, 0.1) is 6.92 Å². The molecule has 36 heavy (non-hydrogen) atoms. The van der Waals surface area contributed by atoms with E-state index in [9.17, 15) is 9.59 Å². The first-order chi connectivity index (χ1) is 17.2. The van der Waals surface area contributed by atoms with Crippen LogP contribution in [0.3, 0.4) is 0 Å². The molecular weight excluding hydrogens is 458 g/mol. The minimum absolute atomic E-state index is 0.118. The molecule has 0 unspecified atom stereocenters. The molecule has 0 saturated heterocycles. The second-order valence-corrected chi connectivity index (χ2v) is 9.28. The SMILES string of the molecule is CCC(C)(C)NC(=O)[C@@H](c1ccc(C)o1)N(C(=O)Cn1nnc2ccccc21)c1ccc(OC)cc1. The fraction of sp³-hybridized carbons (Fsp3) is 0.333. The number of rotatable bonds is 9. The minimum Gasteiger partial charge on any atom is -0.497 e. The van der Waals surface area contributed by atoms with E-state index in [0.717, 1.165) is 5.52 Å². The predicted octanol–water partition coefficient (Wildman–Crippen LogP) is 4.42. The second-order valence-electron chi connectivity index (χ2n) is 9.28. The topological polar surface area (TPSA) is 102 Å². The molecule has 1 atom stereocenters. The van der Waals surface area contributed by atoms with Crippen molar-refractivity contribution in [1.29, 1.82) is 0 Å². The molecule has 0 bridgehead atoms. The Hall–Kier alpha value is -4.14. The van der Waals surface area contributed by atoms with Gasteiger partial charge in [0.1, 0.15) is 29.3 Å². The normalized spacial score (nSPS) is 12.4. The van der Waals surface area contributed by atoms with Crippen LogP contribution >= 0.6 is 0 Å². The van der Waals surface area contributed by atoms with Crippen molar-refractivity contribution in [3.05, 3.63) is 72.2 Å². The molecule has 4 rings (SSSR count). The number of aromatic nitrogens is 3. The van der Waals surface area contributed by atoms with E-state index in [-0.39, 0.29) is 18.4 Å². The first kappa shape index (κ1) is 25.0. The average molecular weight is 490 g/mol. The lowest BCUT2D eigenvalue weighted by Crippen LogP contribution is -2.51. The van der Waals surface area contributed by atoms with Crippen LogP contribution in [-0.4, -0.2) is 39.5 Å². The van der Waals surface area contributed by atoms with E-state index in [1.165, 1.54) is 9.58 Å². The van der Waals surface area contributed by atoms with Gasteiger partial charge >= 0.3 is 0 Å². The lowest BCUT2D eigenvalue weighted by molar-refractivity contribution is -0.128. The number of amides is 2. The number of carbonyl (C=O) groups excluding carboxylic acids is 2. The van der Waals surface area contributed by atoms with Crippen LogP contribution in [0.25, 0.3) is 11.0 Å². The second kappa shape index (κ2) is 10.2. The molecule has 188 valence electrons. The number of carbonyl (C=O) groups is 2. The molecular formula is C27H31N5O4. The molecule has 0 radical (unpaired) electrons. The number of aryl methyl sites for hydroxylation is 1. The lowest BCUT2D eigenvalue weighted by Gasteiger charge is -2.33. The van der Waals surface area contributed by atoms with Crippen LogP contribution in [0.5, 0.6) is 5.75 Å². The van der Waals surface area contributed by atoms with E-state index >= 15 is 0 Å². The first-order valence-electron chi connectivity index (χ1n) is 11.8. The maximum Gasteiger partial charge on any atom is 0.251 e. The Morgan fingerprint density at radius 2 is 1.83 bits per heavy atom. The predicted molar refractivity (Wildman–Crippen MR) is 137 cm³/mol. The fourth-order valence-corrected chi connectivity index (χ4v) is 3.88. The van der Waals surface area contributed by atoms with Gasteiger partial charge in [-0.05, 0) is 75.7 Å². The average Bonchev–Trinajstić information content (AvgIpc) is 3.48. The van der Waals surface area contributed by atoms with Crippen LogP contribution in [0.1, 0.15) is 44.8 Å². The molecule has 0 fully saturated rings. The summed E-state index contributed by atoms with van der Waals surface area (Å²) in [6.45, 7) is 7.56. The molecule has 9 heteroatoms. The van der Waals surface area contributed by atoms with Crippen molar-refractivity contribution in [1.82, 2.24) is 20.3 Å². The Kier molecular flexibility index (Phi) is 7.10. The highest BCUT2D eigenvalue weighted by molar-refractivity contribution is 6.01. The molecule has 0 aliphatic heterocycles. The number of furan rings is 1. The number of nitrogens with one attached hydrogen (secondary N) is 1. The Labute approximate surface area is 210 Å². The molecule has 0 aliphatic rings. The molecule has 4 aromatic rings. The molecule has 2 aromatic heterocycles. The van der Waals surface area contributed by atoms with Crippen molar-refractivity contribution in [2.75, 3.05) is 12.0 Å². The van der Waals surface area contributed by atoms with Crippen LogP contribution in [0.4, 0.5) is 5.69 Å². The van der Waals surface area contributed by atoms with Crippen LogP contribution in [0.15, 0.2) is 65.1 Å².